The lowest BCUT2D eigenvalue weighted by Crippen LogP contribution is -2.47. The molecule has 0 bridgehead atoms. The molecule has 4 heteroatoms. The Morgan fingerprint density at radius 2 is 1.77 bits per heavy atom. The van der Waals surface area contributed by atoms with Gasteiger partial charge >= 0.3 is 5.97 Å². The van der Waals surface area contributed by atoms with Gasteiger partial charge in [-0.2, -0.15) is 0 Å². The number of esters is 1. The van der Waals surface area contributed by atoms with Crippen molar-refractivity contribution in [3.8, 4) is 0 Å². The number of ketones is 1. The second-order valence-corrected chi connectivity index (χ2v) is 6.50. The number of benzene rings is 3. The smallest absolute Gasteiger partial charge is 0.344 e. The molecule has 0 fully saturated rings. The highest BCUT2D eigenvalue weighted by Gasteiger charge is 2.54. The molecule has 0 spiro atoms. The molecule has 1 heterocycles. The molecule has 0 saturated heterocycles. The third kappa shape index (κ3) is 2.22. The summed E-state index contributed by atoms with van der Waals surface area (Å²) in [5.74, 6) is -0.852. The van der Waals surface area contributed by atoms with E-state index in [-0.39, 0.29) is 12.4 Å². The Kier molecular flexibility index (Phi) is 3.76. The minimum atomic E-state index is -1.55. The summed E-state index contributed by atoms with van der Waals surface area (Å²) in [4.78, 5) is 26.4. The molecule has 0 saturated carbocycles. The molecule has 4 nitrogen and oxygen atoms in total. The van der Waals surface area contributed by atoms with Gasteiger partial charge in [0.2, 0.25) is 11.3 Å². The van der Waals surface area contributed by atoms with Gasteiger partial charge in [-0.3, -0.25) is 4.79 Å². The molecular weight excluding hydrogens is 326 g/mol. The summed E-state index contributed by atoms with van der Waals surface area (Å²) >= 11 is 0. The van der Waals surface area contributed by atoms with Crippen molar-refractivity contribution in [3.05, 3.63) is 77.4 Å². The first kappa shape index (κ1) is 16.3. The van der Waals surface area contributed by atoms with Crippen molar-refractivity contribution in [3.63, 3.8) is 0 Å². The van der Waals surface area contributed by atoms with Crippen LogP contribution in [0.15, 0.2) is 60.7 Å². The zero-order chi connectivity index (χ0) is 18.3. The maximum Gasteiger partial charge on any atom is 0.344 e. The van der Waals surface area contributed by atoms with Crippen LogP contribution in [0.5, 0.6) is 0 Å². The van der Waals surface area contributed by atoms with E-state index in [2.05, 4.69) is 5.32 Å². The van der Waals surface area contributed by atoms with Gasteiger partial charge in [0.05, 0.1) is 12.3 Å². The fraction of sp³-hybridized carbons (Fsp3) is 0.182. The summed E-state index contributed by atoms with van der Waals surface area (Å²) in [5.41, 5.74) is 1.29. The highest BCUT2D eigenvalue weighted by Crippen LogP contribution is 2.43. The predicted octanol–water partition coefficient (Wildman–Crippen LogP) is 4.22. The van der Waals surface area contributed by atoms with Crippen molar-refractivity contribution in [2.24, 2.45) is 0 Å². The summed E-state index contributed by atoms with van der Waals surface area (Å²) in [6.07, 6.45) is 0. The van der Waals surface area contributed by atoms with Crippen molar-refractivity contribution in [1.82, 2.24) is 0 Å². The highest BCUT2D eigenvalue weighted by molar-refractivity contribution is 6.27. The minimum absolute atomic E-state index is 0.207. The van der Waals surface area contributed by atoms with Crippen molar-refractivity contribution in [2.75, 3.05) is 11.9 Å². The van der Waals surface area contributed by atoms with E-state index >= 15 is 0 Å². The molecule has 0 aliphatic carbocycles. The number of Topliss-reactive ketones (excluding diaryl/α,β-unsaturated/α-hetero) is 1. The number of carbonyl (C=O) groups is 2. The summed E-state index contributed by atoms with van der Waals surface area (Å²) < 4.78 is 5.31. The first-order valence-corrected chi connectivity index (χ1v) is 8.67. The van der Waals surface area contributed by atoms with Crippen molar-refractivity contribution in [1.29, 1.82) is 0 Å². The van der Waals surface area contributed by atoms with Crippen LogP contribution in [0.1, 0.15) is 28.4 Å². The van der Waals surface area contributed by atoms with Crippen LogP contribution in [0.2, 0.25) is 0 Å². The number of hydrogen-bond acceptors (Lipinski definition) is 4. The van der Waals surface area contributed by atoms with Gasteiger partial charge in [-0.1, -0.05) is 60.2 Å². The van der Waals surface area contributed by atoms with Crippen LogP contribution in [-0.4, -0.2) is 18.4 Å². The molecule has 130 valence electrons. The Morgan fingerprint density at radius 3 is 2.50 bits per heavy atom. The van der Waals surface area contributed by atoms with Crippen molar-refractivity contribution >= 4 is 28.2 Å². The summed E-state index contributed by atoms with van der Waals surface area (Å²) in [5, 5.41) is 5.16. The second-order valence-electron chi connectivity index (χ2n) is 6.50. The number of rotatable bonds is 3. The lowest BCUT2D eigenvalue weighted by Gasteiger charge is -2.27. The van der Waals surface area contributed by atoms with Gasteiger partial charge in [-0.25, -0.2) is 4.79 Å². The number of anilines is 1. The summed E-state index contributed by atoms with van der Waals surface area (Å²) in [7, 11) is 0. The van der Waals surface area contributed by atoms with Crippen molar-refractivity contribution < 1.29 is 14.3 Å². The molecule has 1 aliphatic heterocycles. The zero-order valence-electron chi connectivity index (χ0n) is 14.7. The van der Waals surface area contributed by atoms with Gasteiger partial charge in [0.25, 0.3) is 0 Å². The monoisotopic (exact) mass is 345 g/mol. The third-order valence-electron chi connectivity index (χ3n) is 4.89. The average molecular weight is 345 g/mol. The maximum atomic E-state index is 13.4. The van der Waals surface area contributed by atoms with E-state index in [1.807, 2.05) is 61.5 Å². The molecule has 26 heavy (non-hydrogen) atoms. The highest BCUT2D eigenvalue weighted by atomic mass is 16.5. The van der Waals surface area contributed by atoms with E-state index in [0.717, 1.165) is 16.3 Å². The van der Waals surface area contributed by atoms with E-state index in [1.54, 1.807) is 13.0 Å². The first-order valence-electron chi connectivity index (χ1n) is 8.67. The van der Waals surface area contributed by atoms with Crippen LogP contribution < -0.4 is 5.32 Å². The fourth-order valence-corrected chi connectivity index (χ4v) is 3.55. The molecule has 0 amide bonds. The van der Waals surface area contributed by atoms with Gasteiger partial charge in [0.1, 0.15) is 0 Å². The maximum absolute atomic E-state index is 13.4. The molecule has 4 rings (SSSR count). The average Bonchev–Trinajstić information content (AvgIpc) is 2.97. The summed E-state index contributed by atoms with van der Waals surface area (Å²) in [6.45, 7) is 3.91. The number of aryl methyl sites for hydroxylation is 1. The van der Waals surface area contributed by atoms with Crippen LogP contribution in [0.25, 0.3) is 10.8 Å². The second kappa shape index (κ2) is 5.99. The molecule has 1 atom stereocenters. The zero-order valence-corrected chi connectivity index (χ0v) is 14.7. The predicted molar refractivity (Wildman–Crippen MR) is 101 cm³/mol. The largest absolute Gasteiger partial charge is 0.464 e. The summed E-state index contributed by atoms with van der Waals surface area (Å²) in [6, 6.07) is 18.9. The van der Waals surface area contributed by atoms with Gasteiger partial charge in [0.15, 0.2) is 0 Å². The minimum Gasteiger partial charge on any atom is -0.464 e. The Hall–Kier alpha value is -3.14. The van der Waals surface area contributed by atoms with Gasteiger partial charge in [-0.05, 0) is 30.9 Å². The van der Waals surface area contributed by atoms with E-state index in [1.165, 1.54) is 0 Å². The van der Waals surface area contributed by atoms with Crippen LogP contribution in [0, 0.1) is 6.92 Å². The first-order chi connectivity index (χ1) is 12.6. The molecule has 0 radical (unpaired) electrons. The van der Waals surface area contributed by atoms with Crippen LogP contribution in [0.4, 0.5) is 5.69 Å². The molecule has 0 aromatic heterocycles. The topological polar surface area (TPSA) is 55.4 Å². The van der Waals surface area contributed by atoms with E-state index in [0.29, 0.717) is 16.8 Å². The van der Waals surface area contributed by atoms with E-state index in [9.17, 15) is 9.59 Å². The molecule has 1 N–H and O–H groups in total. The Morgan fingerprint density at radius 1 is 1.04 bits per heavy atom. The Bertz CT molecular complexity index is 1020. The van der Waals surface area contributed by atoms with Crippen LogP contribution in [-0.2, 0) is 15.1 Å². The number of hydrogen-bond donors (Lipinski definition) is 1. The Balaban J connectivity index is 1.95. The number of fused-ring (bicyclic) bond motifs is 3. The molecule has 1 aliphatic rings. The van der Waals surface area contributed by atoms with Gasteiger partial charge in [-0.15, -0.1) is 0 Å². The van der Waals surface area contributed by atoms with Crippen LogP contribution in [0.3, 0.4) is 0 Å². The molecular formula is C22H19NO3. The number of ether oxygens (including phenoxy) is 1. The molecule has 3 aromatic carbocycles. The standard InChI is InChI=1S/C22H19NO3/c1-3-26-21(25)22(16-11-8-14(2)9-12-16)20(24)18-13-10-15-6-4-5-7-17(15)19(18)23-22/h4-13,23H,3H2,1-2H3/t22-/m1/s1. The molecule has 3 aromatic rings. The number of nitrogens with one attached hydrogen (secondary N) is 1. The van der Waals surface area contributed by atoms with Crippen LogP contribution >= 0.6 is 0 Å². The lowest BCUT2D eigenvalue weighted by atomic mass is 9.85. The SMILES string of the molecule is CCOC(=O)[C@]1(c2ccc(C)cc2)Nc2c(ccc3ccccc23)C1=O. The van der Waals surface area contributed by atoms with Gasteiger partial charge in [0, 0.05) is 10.9 Å². The van der Waals surface area contributed by atoms with Crippen molar-refractivity contribution in [2.45, 2.75) is 19.4 Å². The third-order valence-corrected chi connectivity index (χ3v) is 4.89. The lowest BCUT2D eigenvalue weighted by molar-refractivity contribution is -0.146. The fourth-order valence-electron chi connectivity index (χ4n) is 3.55. The van der Waals surface area contributed by atoms with E-state index in [4.69, 9.17) is 4.74 Å². The number of carbonyl (C=O) groups excluding carboxylic acids is 2. The quantitative estimate of drug-likeness (QED) is 0.570. The normalized spacial score (nSPS) is 18.5. The van der Waals surface area contributed by atoms with Gasteiger partial charge < -0.3 is 10.1 Å². The Labute approximate surface area is 151 Å². The molecule has 0 unspecified atom stereocenters. The van der Waals surface area contributed by atoms with E-state index < -0.39 is 11.5 Å².